The van der Waals surface area contributed by atoms with E-state index in [4.69, 9.17) is 25.8 Å². The smallest absolute Gasteiger partial charge is 0.260 e. The van der Waals surface area contributed by atoms with Crippen molar-refractivity contribution in [2.45, 2.75) is 6.10 Å². The van der Waals surface area contributed by atoms with Gasteiger partial charge in [0.05, 0.1) is 25.7 Å². The van der Waals surface area contributed by atoms with E-state index in [0.29, 0.717) is 24.7 Å². The predicted octanol–water partition coefficient (Wildman–Crippen LogP) is 6.08. The lowest BCUT2D eigenvalue weighted by molar-refractivity contribution is -0.127. The van der Waals surface area contributed by atoms with Crippen LogP contribution < -0.4 is 9.47 Å². The van der Waals surface area contributed by atoms with E-state index >= 15 is 0 Å². The minimum absolute atomic E-state index is 0.0326. The van der Waals surface area contributed by atoms with Crippen LogP contribution in [0, 0.1) is 0 Å². The molecule has 0 saturated carbocycles. The van der Waals surface area contributed by atoms with Crippen LogP contribution in [0.5, 0.6) is 11.5 Å². The van der Waals surface area contributed by atoms with Crippen LogP contribution in [0.3, 0.4) is 0 Å². The molecule has 3 aromatic rings. The summed E-state index contributed by atoms with van der Waals surface area (Å²) in [7, 11) is 3.30. The van der Waals surface area contributed by atoms with Gasteiger partial charge in [-0.2, -0.15) is 0 Å². The van der Waals surface area contributed by atoms with Gasteiger partial charge in [-0.05, 0) is 59.2 Å². The van der Waals surface area contributed by atoms with Crippen molar-refractivity contribution in [3.05, 3.63) is 99.4 Å². The molecule has 0 atom stereocenters. The van der Waals surface area contributed by atoms with Gasteiger partial charge in [-0.1, -0.05) is 48.0 Å². The quantitative estimate of drug-likeness (QED) is 0.327. The maximum absolute atomic E-state index is 13.1. The fourth-order valence-corrected chi connectivity index (χ4v) is 4.96. The first-order chi connectivity index (χ1) is 17.1. The van der Waals surface area contributed by atoms with Crippen LogP contribution in [0.25, 0.3) is 6.08 Å². The number of thioether (sulfide) groups is 1. The summed E-state index contributed by atoms with van der Waals surface area (Å²) in [6, 6.07) is 23.2. The minimum Gasteiger partial charge on any atom is -0.497 e. The summed E-state index contributed by atoms with van der Waals surface area (Å²) in [4.78, 5) is 15.7. The first kappa shape index (κ1) is 25.2. The summed E-state index contributed by atoms with van der Waals surface area (Å²) in [6.45, 7) is 1.62. The highest BCUT2D eigenvalue weighted by molar-refractivity contribution is 8.04. The van der Waals surface area contributed by atoms with Crippen LogP contribution >= 0.6 is 23.4 Å². The van der Waals surface area contributed by atoms with Crippen molar-refractivity contribution < 1.29 is 19.0 Å². The van der Waals surface area contributed by atoms with Crippen molar-refractivity contribution in [3.8, 4) is 11.5 Å². The molecule has 5 nitrogen and oxygen atoms in total. The van der Waals surface area contributed by atoms with E-state index in [0.717, 1.165) is 38.8 Å². The third kappa shape index (κ3) is 6.60. The number of amides is 1. The molecule has 7 heteroatoms. The van der Waals surface area contributed by atoms with Gasteiger partial charge >= 0.3 is 0 Å². The SMILES string of the molecule is COc1ccc(C(OCCN2CCSC(=Cc3ccc(Cl)cc3)C2=O)c2ccc(OC)cc2)cc1. The van der Waals surface area contributed by atoms with Crippen molar-refractivity contribution in [1.29, 1.82) is 0 Å². The Labute approximate surface area is 215 Å². The van der Waals surface area contributed by atoms with Crippen molar-refractivity contribution in [3.63, 3.8) is 0 Å². The molecule has 35 heavy (non-hydrogen) atoms. The molecule has 3 aromatic carbocycles. The largest absolute Gasteiger partial charge is 0.497 e. The Kier molecular flexibility index (Phi) is 8.74. The molecule has 0 radical (unpaired) electrons. The highest BCUT2D eigenvalue weighted by Crippen LogP contribution is 2.30. The third-order valence-corrected chi connectivity index (χ3v) is 7.01. The summed E-state index contributed by atoms with van der Waals surface area (Å²) in [5.74, 6) is 2.47. The van der Waals surface area contributed by atoms with Crippen LogP contribution in [-0.4, -0.2) is 50.5 Å². The van der Waals surface area contributed by atoms with E-state index in [2.05, 4.69) is 0 Å². The number of rotatable bonds is 9. The van der Waals surface area contributed by atoms with E-state index in [1.165, 1.54) is 0 Å². The molecule has 1 saturated heterocycles. The summed E-state index contributed by atoms with van der Waals surface area (Å²) >= 11 is 7.57. The second kappa shape index (κ2) is 12.2. The molecule has 0 aromatic heterocycles. The Morgan fingerprint density at radius 3 is 2.03 bits per heavy atom. The van der Waals surface area contributed by atoms with Crippen LogP contribution in [0.2, 0.25) is 5.02 Å². The maximum Gasteiger partial charge on any atom is 0.260 e. The van der Waals surface area contributed by atoms with E-state index in [9.17, 15) is 4.79 Å². The standard InChI is InChI=1S/C28H28ClNO4S/c1-32-24-11-5-21(6-12-24)27(22-7-13-25(33-2)14-8-22)34-17-15-30-16-18-35-26(28(30)31)19-20-3-9-23(29)10-4-20/h3-14,19,27H,15-18H2,1-2H3. The zero-order valence-electron chi connectivity index (χ0n) is 19.8. The number of nitrogens with zero attached hydrogens (tertiary/aromatic N) is 1. The van der Waals surface area contributed by atoms with Gasteiger partial charge in [-0.3, -0.25) is 4.79 Å². The number of ether oxygens (including phenoxy) is 3. The average Bonchev–Trinajstić information content (AvgIpc) is 2.90. The Morgan fingerprint density at radius 2 is 1.49 bits per heavy atom. The Morgan fingerprint density at radius 1 is 0.914 bits per heavy atom. The Balaban J connectivity index is 1.45. The summed E-state index contributed by atoms with van der Waals surface area (Å²) in [6.07, 6.45) is 1.65. The first-order valence-corrected chi connectivity index (χ1v) is 12.7. The first-order valence-electron chi connectivity index (χ1n) is 11.4. The molecule has 0 unspecified atom stereocenters. The molecule has 1 aliphatic rings. The van der Waals surface area contributed by atoms with Crippen molar-refractivity contribution >= 4 is 35.3 Å². The van der Waals surface area contributed by atoms with E-state index in [1.807, 2.05) is 83.8 Å². The van der Waals surface area contributed by atoms with Crippen LogP contribution in [0.15, 0.2) is 77.7 Å². The number of carbonyl (C=O) groups is 1. The number of hydrogen-bond acceptors (Lipinski definition) is 5. The fraction of sp³-hybridized carbons (Fsp3) is 0.250. The van der Waals surface area contributed by atoms with Gasteiger partial charge < -0.3 is 19.1 Å². The van der Waals surface area contributed by atoms with Gasteiger partial charge in [0.1, 0.15) is 17.6 Å². The van der Waals surface area contributed by atoms with E-state index < -0.39 is 0 Å². The van der Waals surface area contributed by atoms with Gasteiger partial charge in [0.15, 0.2) is 0 Å². The Bertz CT molecular complexity index is 1100. The monoisotopic (exact) mass is 509 g/mol. The molecule has 0 bridgehead atoms. The van der Waals surface area contributed by atoms with Gasteiger partial charge in [0, 0.05) is 23.9 Å². The number of carbonyl (C=O) groups excluding carboxylic acids is 1. The third-order valence-electron chi connectivity index (χ3n) is 5.77. The lowest BCUT2D eigenvalue weighted by atomic mass is 10.0. The average molecular weight is 510 g/mol. The van der Waals surface area contributed by atoms with Crippen LogP contribution in [-0.2, 0) is 9.53 Å². The molecule has 0 spiro atoms. The lowest BCUT2D eigenvalue weighted by Crippen LogP contribution is -2.39. The number of methoxy groups -OCH3 is 2. The zero-order chi connectivity index (χ0) is 24.6. The zero-order valence-corrected chi connectivity index (χ0v) is 21.4. The molecule has 1 aliphatic heterocycles. The van der Waals surface area contributed by atoms with Crippen LogP contribution in [0.1, 0.15) is 22.8 Å². The second-order valence-electron chi connectivity index (χ2n) is 8.00. The van der Waals surface area contributed by atoms with Gasteiger partial charge in [-0.15, -0.1) is 11.8 Å². The summed E-state index contributed by atoms with van der Waals surface area (Å²) in [5, 5.41) is 0.678. The molecule has 1 amide bonds. The topological polar surface area (TPSA) is 48.0 Å². The molecule has 182 valence electrons. The highest BCUT2D eigenvalue weighted by Gasteiger charge is 2.24. The fourth-order valence-electron chi connectivity index (χ4n) is 3.84. The van der Waals surface area contributed by atoms with Crippen molar-refractivity contribution in [2.24, 2.45) is 0 Å². The molecular formula is C28H28ClNO4S. The van der Waals surface area contributed by atoms with Crippen molar-refractivity contribution in [1.82, 2.24) is 4.90 Å². The Hall–Kier alpha value is -2.93. The minimum atomic E-state index is -0.273. The molecule has 0 aliphatic carbocycles. The van der Waals surface area contributed by atoms with E-state index in [1.54, 1.807) is 26.0 Å². The number of benzene rings is 3. The molecular weight excluding hydrogens is 482 g/mol. The molecule has 1 fully saturated rings. The lowest BCUT2D eigenvalue weighted by Gasteiger charge is -2.29. The predicted molar refractivity (Wildman–Crippen MR) is 142 cm³/mol. The summed E-state index contributed by atoms with van der Waals surface area (Å²) < 4.78 is 17.0. The van der Waals surface area contributed by atoms with Crippen LogP contribution in [0.4, 0.5) is 0 Å². The second-order valence-corrected chi connectivity index (χ2v) is 9.57. The maximum atomic E-state index is 13.1. The van der Waals surface area contributed by atoms with Crippen molar-refractivity contribution in [2.75, 3.05) is 39.7 Å². The molecule has 1 heterocycles. The normalized spacial score (nSPS) is 15.0. The summed E-state index contributed by atoms with van der Waals surface area (Å²) in [5.41, 5.74) is 2.99. The van der Waals surface area contributed by atoms with Gasteiger partial charge in [0.25, 0.3) is 5.91 Å². The molecule has 0 N–H and O–H groups in total. The van der Waals surface area contributed by atoms with Gasteiger partial charge in [0.2, 0.25) is 0 Å². The van der Waals surface area contributed by atoms with E-state index in [-0.39, 0.29) is 12.0 Å². The molecule has 4 rings (SSSR count). The highest BCUT2D eigenvalue weighted by atomic mass is 35.5. The van der Waals surface area contributed by atoms with Gasteiger partial charge in [-0.25, -0.2) is 0 Å². The number of hydrogen-bond donors (Lipinski definition) is 0. The number of halogens is 1.